The molecule has 0 aromatic rings. The fraction of sp³-hybridized carbons (Fsp3) is 0.667. The SMILES string of the molecule is COC(=O)C1CC(=O)NN(C(=O)CCCl)C1. The Hall–Kier alpha value is -1.30. The Bertz CT molecular complexity index is 308. The molecule has 2 amide bonds. The van der Waals surface area contributed by atoms with Gasteiger partial charge in [-0.25, -0.2) is 0 Å². The highest BCUT2D eigenvalue weighted by atomic mass is 35.5. The van der Waals surface area contributed by atoms with Gasteiger partial charge in [-0.05, 0) is 0 Å². The smallest absolute Gasteiger partial charge is 0.311 e. The number of amides is 2. The van der Waals surface area contributed by atoms with Gasteiger partial charge in [0.05, 0.1) is 19.6 Å². The summed E-state index contributed by atoms with van der Waals surface area (Å²) in [5, 5.41) is 1.12. The van der Waals surface area contributed by atoms with Crippen LogP contribution in [-0.4, -0.2) is 42.3 Å². The molecule has 1 saturated heterocycles. The van der Waals surface area contributed by atoms with Crippen LogP contribution in [0.1, 0.15) is 12.8 Å². The molecule has 0 bridgehead atoms. The lowest BCUT2D eigenvalue weighted by molar-refractivity contribution is -0.156. The third-order valence-electron chi connectivity index (χ3n) is 2.24. The highest BCUT2D eigenvalue weighted by Crippen LogP contribution is 2.13. The van der Waals surface area contributed by atoms with Crippen molar-refractivity contribution in [3.8, 4) is 0 Å². The Balaban J connectivity index is 2.64. The van der Waals surface area contributed by atoms with Crippen LogP contribution in [0.5, 0.6) is 0 Å². The summed E-state index contributed by atoms with van der Waals surface area (Å²) < 4.78 is 4.54. The summed E-state index contributed by atoms with van der Waals surface area (Å²) in [6.07, 6.45) is 0.160. The molecule has 1 fully saturated rings. The predicted octanol–water partition coefficient (Wildman–Crippen LogP) is -0.332. The minimum absolute atomic E-state index is 0.0390. The summed E-state index contributed by atoms with van der Waals surface area (Å²) in [6, 6.07) is 0. The van der Waals surface area contributed by atoms with Crippen LogP contribution in [0.2, 0.25) is 0 Å². The number of ether oxygens (including phenoxy) is 1. The number of hydrogen-bond acceptors (Lipinski definition) is 4. The van der Waals surface area contributed by atoms with Crippen LogP contribution in [0.15, 0.2) is 0 Å². The largest absolute Gasteiger partial charge is 0.469 e. The molecular formula is C9H13ClN2O4. The minimum atomic E-state index is -0.599. The van der Waals surface area contributed by atoms with Crippen molar-refractivity contribution in [2.24, 2.45) is 5.92 Å². The number of carbonyl (C=O) groups is 3. The zero-order valence-corrected chi connectivity index (χ0v) is 9.62. The number of rotatable bonds is 3. The van der Waals surface area contributed by atoms with Gasteiger partial charge in [0.1, 0.15) is 0 Å². The standard InChI is InChI=1S/C9H13ClN2O4/c1-16-9(15)6-4-7(13)11-12(5-6)8(14)2-3-10/h6H,2-5H2,1H3,(H,11,13). The summed E-state index contributed by atoms with van der Waals surface area (Å²) in [5.41, 5.74) is 2.39. The number of hydrazine groups is 1. The van der Waals surface area contributed by atoms with Gasteiger partial charge in [0, 0.05) is 18.7 Å². The molecule has 0 spiro atoms. The van der Waals surface area contributed by atoms with Crippen LogP contribution >= 0.6 is 11.6 Å². The van der Waals surface area contributed by atoms with Crippen molar-refractivity contribution < 1.29 is 19.1 Å². The van der Waals surface area contributed by atoms with Gasteiger partial charge in [-0.1, -0.05) is 0 Å². The molecule has 1 aliphatic rings. The van der Waals surface area contributed by atoms with E-state index < -0.39 is 11.9 Å². The molecule has 1 N–H and O–H groups in total. The fourth-order valence-corrected chi connectivity index (χ4v) is 1.62. The van der Waals surface area contributed by atoms with E-state index in [0.29, 0.717) is 0 Å². The Morgan fingerprint density at radius 2 is 2.31 bits per heavy atom. The van der Waals surface area contributed by atoms with Crippen molar-refractivity contribution in [1.82, 2.24) is 10.4 Å². The number of carbonyl (C=O) groups excluding carboxylic acids is 3. The number of esters is 1. The van der Waals surface area contributed by atoms with E-state index in [9.17, 15) is 14.4 Å². The Morgan fingerprint density at radius 1 is 1.62 bits per heavy atom. The van der Waals surface area contributed by atoms with Gasteiger partial charge in [0.15, 0.2) is 0 Å². The van der Waals surface area contributed by atoms with E-state index >= 15 is 0 Å². The topological polar surface area (TPSA) is 75.7 Å². The second-order valence-corrected chi connectivity index (χ2v) is 3.78. The van der Waals surface area contributed by atoms with Gasteiger partial charge in [0.2, 0.25) is 11.8 Å². The van der Waals surface area contributed by atoms with Crippen molar-refractivity contribution in [3.05, 3.63) is 0 Å². The molecule has 1 heterocycles. The first kappa shape index (κ1) is 12.8. The highest BCUT2D eigenvalue weighted by Gasteiger charge is 2.32. The summed E-state index contributed by atoms with van der Waals surface area (Å²) in [5.74, 6) is -1.59. The molecule has 1 unspecified atom stereocenters. The fourth-order valence-electron chi connectivity index (χ4n) is 1.46. The van der Waals surface area contributed by atoms with Gasteiger partial charge < -0.3 is 4.74 Å². The molecule has 1 atom stereocenters. The van der Waals surface area contributed by atoms with E-state index in [1.165, 1.54) is 7.11 Å². The van der Waals surface area contributed by atoms with Crippen LogP contribution in [0.4, 0.5) is 0 Å². The molecule has 0 aliphatic carbocycles. The van der Waals surface area contributed by atoms with E-state index in [1.54, 1.807) is 0 Å². The Morgan fingerprint density at radius 3 is 2.88 bits per heavy atom. The molecule has 1 rings (SSSR count). The van der Waals surface area contributed by atoms with Crippen LogP contribution in [0.3, 0.4) is 0 Å². The van der Waals surface area contributed by atoms with Crippen molar-refractivity contribution in [2.75, 3.05) is 19.5 Å². The van der Waals surface area contributed by atoms with Crippen molar-refractivity contribution in [2.45, 2.75) is 12.8 Å². The lowest BCUT2D eigenvalue weighted by Gasteiger charge is -2.31. The van der Waals surface area contributed by atoms with Crippen molar-refractivity contribution in [1.29, 1.82) is 0 Å². The first-order chi connectivity index (χ1) is 7.58. The Kier molecular flexibility index (Phi) is 4.54. The number of nitrogens with zero attached hydrogens (tertiary/aromatic N) is 1. The first-order valence-electron chi connectivity index (χ1n) is 4.82. The predicted molar refractivity (Wildman–Crippen MR) is 55.3 cm³/mol. The maximum Gasteiger partial charge on any atom is 0.311 e. The molecule has 0 aromatic heterocycles. The first-order valence-corrected chi connectivity index (χ1v) is 5.35. The normalized spacial score (nSPS) is 20.2. The zero-order chi connectivity index (χ0) is 12.1. The quantitative estimate of drug-likeness (QED) is 0.548. The Labute approximate surface area is 97.8 Å². The summed E-state index contributed by atoms with van der Waals surface area (Å²) in [7, 11) is 1.25. The second kappa shape index (κ2) is 5.69. The maximum absolute atomic E-state index is 11.5. The number of alkyl halides is 1. The molecule has 0 radical (unpaired) electrons. The number of hydrogen-bond donors (Lipinski definition) is 1. The van der Waals surface area contributed by atoms with Crippen LogP contribution < -0.4 is 5.43 Å². The maximum atomic E-state index is 11.5. The third kappa shape index (κ3) is 3.10. The lowest BCUT2D eigenvalue weighted by atomic mass is 10.0. The second-order valence-electron chi connectivity index (χ2n) is 3.40. The molecule has 0 aromatic carbocycles. The number of halogens is 1. The summed E-state index contributed by atoms with van der Waals surface area (Å²) >= 11 is 5.43. The van der Waals surface area contributed by atoms with Crippen LogP contribution in [0, 0.1) is 5.92 Å². The zero-order valence-electron chi connectivity index (χ0n) is 8.86. The molecule has 1 aliphatic heterocycles. The van der Waals surface area contributed by atoms with Gasteiger partial charge in [-0.2, -0.15) is 0 Å². The molecule has 90 valence electrons. The van der Waals surface area contributed by atoms with Crippen LogP contribution in [0.25, 0.3) is 0 Å². The monoisotopic (exact) mass is 248 g/mol. The van der Waals surface area contributed by atoms with Gasteiger partial charge in [-0.15, -0.1) is 11.6 Å². The average molecular weight is 249 g/mol. The van der Waals surface area contributed by atoms with Gasteiger partial charge in [-0.3, -0.25) is 24.8 Å². The van der Waals surface area contributed by atoms with E-state index in [0.717, 1.165) is 5.01 Å². The van der Waals surface area contributed by atoms with Crippen LogP contribution in [-0.2, 0) is 19.1 Å². The molecule has 7 heteroatoms. The van der Waals surface area contributed by atoms with E-state index in [2.05, 4.69) is 10.2 Å². The third-order valence-corrected chi connectivity index (χ3v) is 2.43. The van der Waals surface area contributed by atoms with Crippen molar-refractivity contribution >= 4 is 29.4 Å². The van der Waals surface area contributed by atoms with Crippen molar-refractivity contribution in [3.63, 3.8) is 0 Å². The summed E-state index contributed by atoms with van der Waals surface area (Å²) in [6.45, 7) is 0.133. The van der Waals surface area contributed by atoms with E-state index in [1.807, 2.05) is 0 Å². The van der Waals surface area contributed by atoms with Gasteiger partial charge in [0.25, 0.3) is 0 Å². The van der Waals surface area contributed by atoms with E-state index in [-0.39, 0.29) is 37.1 Å². The summed E-state index contributed by atoms with van der Waals surface area (Å²) in [4.78, 5) is 34.0. The molecular weight excluding hydrogens is 236 g/mol. The lowest BCUT2D eigenvalue weighted by Crippen LogP contribution is -2.54. The average Bonchev–Trinajstić information content (AvgIpc) is 2.27. The number of nitrogens with one attached hydrogen (secondary N) is 1. The molecule has 0 saturated carbocycles. The number of methoxy groups -OCH3 is 1. The minimum Gasteiger partial charge on any atom is -0.469 e. The van der Waals surface area contributed by atoms with Gasteiger partial charge >= 0.3 is 5.97 Å². The van der Waals surface area contributed by atoms with E-state index in [4.69, 9.17) is 11.6 Å². The highest BCUT2D eigenvalue weighted by molar-refractivity contribution is 6.18. The molecule has 6 nitrogen and oxygen atoms in total. The molecule has 16 heavy (non-hydrogen) atoms.